The highest BCUT2D eigenvalue weighted by molar-refractivity contribution is 7.45. The number of phosphoric ester groups is 1. The summed E-state index contributed by atoms with van der Waals surface area (Å²) in [6, 6.07) is 0. The minimum atomic E-state index is -4.63. The third-order valence-electron chi connectivity index (χ3n) is 12.1. The Kier molecular flexibility index (Phi) is 47.0. The Morgan fingerprint density at radius 2 is 0.848 bits per heavy atom. The van der Waals surface area contributed by atoms with E-state index >= 15 is 0 Å². The smallest absolute Gasteiger partial charge is 0.306 e. The van der Waals surface area contributed by atoms with Gasteiger partial charge >= 0.3 is 11.9 Å². The predicted molar refractivity (Wildman–Crippen MR) is 277 cm³/mol. The molecule has 0 saturated heterocycles. The van der Waals surface area contributed by atoms with Crippen molar-refractivity contribution in [1.82, 2.24) is 0 Å². The number of nitrogens with zero attached hydrogens (tertiary/aromatic N) is 1. The number of carbonyl (C=O) groups is 2. The molecule has 0 N–H and O–H groups in total. The van der Waals surface area contributed by atoms with Crippen molar-refractivity contribution in [3.63, 3.8) is 0 Å². The maximum Gasteiger partial charge on any atom is 0.306 e. The van der Waals surface area contributed by atoms with Crippen LogP contribution in [-0.4, -0.2) is 70.0 Å². The molecule has 0 rings (SSSR count). The lowest BCUT2D eigenvalue weighted by Crippen LogP contribution is -2.37. The van der Waals surface area contributed by atoms with E-state index in [0.717, 1.165) is 64.2 Å². The topological polar surface area (TPSA) is 111 Å². The molecule has 0 bridgehead atoms. The van der Waals surface area contributed by atoms with E-state index in [9.17, 15) is 19.0 Å². The zero-order chi connectivity index (χ0) is 48.5. The van der Waals surface area contributed by atoms with Crippen molar-refractivity contribution in [1.29, 1.82) is 0 Å². The molecule has 0 spiro atoms. The second kappa shape index (κ2) is 48.3. The molecule has 0 aliphatic heterocycles. The first-order valence-corrected chi connectivity index (χ1v) is 29.2. The first-order valence-electron chi connectivity index (χ1n) is 27.7. The third kappa shape index (κ3) is 51.6. The molecule has 0 aliphatic rings. The molecule has 10 heteroatoms. The van der Waals surface area contributed by atoms with Gasteiger partial charge in [-0.05, 0) is 64.2 Å². The maximum atomic E-state index is 12.7. The Hall–Kier alpha value is -1.77. The molecule has 0 aromatic carbocycles. The molecule has 0 aliphatic carbocycles. The third-order valence-corrected chi connectivity index (χ3v) is 13.1. The summed E-state index contributed by atoms with van der Waals surface area (Å²) in [5.74, 6) is -0.842. The lowest BCUT2D eigenvalue weighted by molar-refractivity contribution is -0.870. The normalized spacial score (nSPS) is 13.6. The Morgan fingerprint density at radius 1 is 0.470 bits per heavy atom. The molecule has 2 atom stereocenters. The fraction of sp³-hybridized carbons (Fsp3) is 0.857. The van der Waals surface area contributed by atoms with E-state index < -0.39 is 26.5 Å². The van der Waals surface area contributed by atoms with Gasteiger partial charge in [-0.2, -0.15) is 0 Å². The lowest BCUT2D eigenvalue weighted by Gasteiger charge is -2.28. The first kappa shape index (κ1) is 64.2. The highest BCUT2D eigenvalue weighted by atomic mass is 31.2. The number of esters is 2. The minimum absolute atomic E-state index is 0.0328. The summed E-state index contributed by atoms with van der Waals surface area (Å²) in [4.78, 5) is 37.7. The van der Waals surface area contributed by atoms with Crippen LogP contribution in [0.15, 0.2) is 36.5 Å². The highest BCUT2D eigenvalue weighted by Gasteiger charge is 2.21. The van der Waals surface area contributed by atoms with Crippen LogP contribution in [-0.2, 0) is 32.7 Å². The number of rotatable bonds is 51. The molecular weight excluding hydrogens is 846 g/mol. The van der Waals surface area contributed by atoms with Crippen molar-refractivity contribution in [2.75, 3.05) is 47.5 Å². The molecule has 0 aromatic rings. The predicted octanol–water partition coefficient (Wildman–Crippen LogP) is 16.2. The molecule has 0 fully saturated rings. The van der Waals surface area contributed by atoms with E-state index in [4.69, 9.17) is 18.5 Å². The summed E-state index contributed by atoms with van der Waals surface area (Å²) >= 11 is 0. The number of ether oxygens (including phenoxy) is 2. The lowest BCUT2D eigenvalue weighted by atomic mass is 10.0. The van der Waals surface area contributed by atoms with Crippen molar-refractivity contribution in [3.8, 4) is 0 Å². The van der Waals surface area contributed by atoms with Crippen LogP contribution in [0, 0.1) is 0 Å². The summed E-state index contributed by atoms with van der Waals surface area (Å²) in [5, 5.41) is 0. The van der Waals surface area contributed by atoms with Gasteiger partial charge in [-0.15, -0.1) is 0 Å². The van der Waals surface area contributed by atoms with Gasteiger partial charge in [-0.25, -0.2) is 0 Å². The van der Waals surface area contributed by atoms with Gasteiger partial charge in [0.15, 0.2) is 6.10 Å². The van der Waals surface area contributed by atoms with Crippen LogP contribution in [0.5, 0.6) is 0 Å². The number of likely N-dealkylation sites (N-methyl/N-ethyl adjacent to an activating group) is 1. The molecular formula is C56H106NO8P. The van der Waals surface area contributed by atoms with E-state index in [-0.39, 0.29) is 32.0 Å². The summed E-state index contributed by atoms with van der Waals surface area (Å²) in [7, 11) is 1.16. The summed E-state index contributed by atoms with van der Waals surface area (Å²) in [5.41, 5.74) is 0. The average Bonchev–Trinajstić information content (AvgIpc) is 3.27. The van der Waals surface area contributed by atoms with E-state index in [1.54, 1.807) is 0 Å². The molecule has 0 radical (unpaired) electrons. The zero-order valence-corrected chi connectivity index (χ0v) is 44.8. The highest BCUT2D eigenvalue weighted by Crippen LogP contribution is 2.38. The number of phosphoric acid groups is 1. The van der Waals surface area contributed by atoms with E-state index in [1.807, 2.05) is 21.1 Å². The van der Waals surface area contributed by atoms with Crippen LogP contribution in [0.3, 0.4) is 0 Å². The quantitative estimate of drug-likeness (QED) is 0.0195. The van der Waals surface area contributed by atoms with Crippen LogP contribution in [0.1, 0.15) is 258 Å². The summed E-state index contributed by atoms with van der Waals surface area (Å²) < 4.78 is 34.0. The molecule has 66 heavy (non-hydrogen) atoms. The Bertz CT molecular complexity index is 1210. The summed E-state index contributed by atoms with van der Waals surface area (Å²) in [6.07, 6.45) is 57.8. The van der Waals surface area contributed by atoms with Crippen LogP contribution < -0.4 is 4.89 Å². The molecule has 0 aromatic heterocycles. The van der Waals surface area contributed by atoms with Crippen LogP contribution in [0.4, 0.5) is 0 Å². The molecule has 0 heterocycles. The Balaban J connectivity index is 4.04. The van der Waals surface area contributed by atoms with Gasteiger partial charge in [0.05, 0.1) is 27.7 Å². The van der Waals surface area contributed by atoms with E-state index in [2.05, 4.69) is 50.3 Å². The van der Waals surface area contributed by atoms with Crippen LogP contribution in [0.2, 0.25) is 0 Å². The molecule has 0 amide bonds. The molecule has 9 nitrogen and oxygen atoms in total. The van der Waals surface area contributed by atoms with Gasteiger partial charge in [0, 0.05) is 12.8 Å². The maximum absolute atomic E-state index is 12.7. The van der Waals surface area contributed by atoms with Crippen LogP contribution >= 0.6 is 7.82 Å². The Morgan fingerprint density at radius 3 is 1.27 bits per heavy atom. The van der Waals surface area contributed by atoms with E-state index in [1.165, 1.54) is 161 Å². The average molecular weight is 952 g/mol. The second-order valence-corrected chi connectivity index (χ2v) is 21.4. The fourth-order valence-electron chi connectivity index (χ4n) is 7.81. The number of quaternary nitrogens is 1. The van der Waals surface area contributed by atoms with Gasteiger partial charge in [-0.1, -0.05) is 217 Å². The van der Waals surface area contributed by atoms with Crippen molar-refractivity contribution < 1.29 is 42.1 Å². The van der Waals surface area contributed by atoms with Gasteiger partial charge in [0.25, 0.3) is 7.82 Å². The minimum Gasteiger partial charge on any atom is -0.756 e. The largest absolute Gasteiger partial charge is 0.756 e. The van der Waals surface area contributed by atoms with Crippen molar-refractivity contribution in [2.45, 2.75) is 264 Å². The van der Waals surface area contributed by atoms with E-state index in [0.29, 0.717) is 17.4 Å². The second-order valence-electron chi connectivity index (χ2n) is 19.9. The van der Waals surface area contributed by atoms with Gasteiger partial charge in [0.2, 0.25) is 0 Å². The van der Waals surface area contributed by atoms with Gasteiger partial charge < -0.3 is 27.9 Å². The zero-order valence-electron chi connectivity index (χ0n) is 43.9. The summed E-state index contributed by atoms with van der Waals surface area (Å²) in [6.45, 7) is 4.18. The number of carbonyl (C=O) groups excluding carboxylic acids is 2. The number of allylic oxidation sites excluding steroid dienone is 6. The van der Waals surface area contributed by atoms with Crippen molar-refractivity contribution in [3.05, 3.63) is 36.5 Å². The monoisotopic (exact) mass is 952 g/mol. The number of hydrogen-bond acceptors (Lipinski definition) is 8. The SMILES string of the molecule is CCC/C=C\C/C=C\CCCCCCCC(=O)OC(COC(=O)CCCCCCCCCCCCCCCCCCC/C=C\CCCCCCCCCC)COP(=O)([O-])OCC[N+](C)(C)C. The van der Waals surface area contributed by atoms with Crippen LogP contribution in [0.25, 0.3) is 0 Å². The van der Waals surface area contributed by atoms with Gasteiger partial charge in [-0.3, -0.25) is 14.2 Å². The fourth-order valence-corrected chi connectivity index (χ4v) is 8.54. The standard InChI is InChI=1S/C56H106NO8P/c1-6-8-10-12-14-16-18-20-21-22-23-24-25-26-27-28-29-30-31-32-33-34-35-37-38-40-42-44-46-48-55(58)62-52-54(53-64-66(60,61)63-51-50-57(3,4)5)65-56(59)49-47-45-43-41-39-36-19-17-15-13-11-9-7-2/h11,13,17,19,22-23,54H,6-10,12,14-16,18,20-21,24-53H2,1-5H3/b13-11-,19-17-,23-22-. The van der Waals surface area contributed by atoms with Crippen molar-refractivity contribution >= 4 is 19.8 Å². The molecule has 0 saturated carbocycles. The number of unbranched alkanes of at least 4 members (excludes halogenated alkanes) is 31. The number of hydrogen-bond donors (Lipinski definition) is 0. The van der Waals surface area contributed by atoms with Crippen molar-refractivity contribution in [2.24, 2.45) is 0 Å². The first-order chi connectivity index (χ1) is 32.0. The Labute approximate surface area is 408 Å². The molecule has 2 unspecified atom stereocenters. The molecule has 388 valence electrons. The van der Waals surface area contributed by atoms with Gasteiger partial charge in [0.1, 0.15) is 19.8 Å².